The van der Waals surface area contributed by atoms with Crippen molar-refractivity contribution in [3.63, 3.8) is 0 Å². The summed E-state index contributed by atoms with van der Waals surface area (Å²) in [5.74, 6) is -3.60. The summed E-state index contributed by atoms with van der Waals surface area (Å²) in [5.41, 5.74) is 1.43. The van der Waals surface area contributed by atoms with E-state index in [9.17, 15) is 22.0 Å². The van der Waals surface area contributed by atoms with E-state index in [1.807, 2.05) is 0 Å². The number of allylic oxidation sites excluding steroid dienone is 1. The van der Waals surface area contributed by atoms with E-state index in [4.69, 9.17) is 0 Å². The van der Waals surface area contributed by atoms with Gasteiger partial charge in [-0.25, -0.2) is 13.5 Å². The SMILES string of the molecule is Fc1ccc(C2C=C(c3ccccc3)Nc3nc(C(F)(F)F)nn32)cc1F. The molecule has 0 spiro atoms. The minimum absolute atomic E-state index is 0.140. The minimum atomic E-state index is -4.74. The van der Waals surface area contributed by atoms with Crippen LogP contribution in [0.5, 0.6) is 0 Å². The van der Waals surface area contributed by atoms with Crippen LogP contribution in [0.3, 0.4) is 0 Å². The Labute approximate surface area is 150 Å². The Hall–Kier alpha value is -3.23. The van der Waals surface area contributed by atoms with Gasteiger partial charge in [0.15, 0.2) is 11.6 Å². The smallest absolute Gasteiger partial charge is 0.324 e. The highest BCUT2D eigenvalue weighted by molar-refractivity contribution is 5.77. The zero-order valence-corrected chi connectivity index (χ0v) is 13.5. The van der Waals surface area contributed by atoms with Crippen molar-refractivity contribution < 1.29 is 22.0 Å². The third-order valence-corrected chi connectivity index (χ3v) is 4.09. The van der Waals surface area contributed by atoms with Crippen LogP contribution in [-0.4, -0.2) is 14.8 Å². The van der Waals surface area contributed by atoms with Gasteiger partial charge in [-0.3, -0.25) is 0 Å². The molecule has 2 aromatic carbocycles. The lowest BCUT2D eigenvalue weighted by Crippen LogP contribution is -2.20. The van der Waals surface area contributed by atoms with Crippen molar-refractivity contribution in [1.82, 2.24) is 14.8 Å². The van der Waals surface area contributed by atoms with Crippen LogP contribution in [-0.2, 0) is 6.18 Å². The number of anilines is 1. The molecule has 1 unspecified atom stereocenters. The molecule has 3 aromatic rings. The number of fused-ring (bicyclic) bond motifs is 1. The first-order valence-corrected chi connectivity index (χ1v) is 7.86. The Balaban J connectivity index is 1.86. The number of nitrogens with zero attached hydrogens (tertiary/aromatic N) is 3. The first-order valence-electron chi connectivity index (χ1n) is 7.86. The van der Waals surface area contributed by atoms with E-state index in [2.05, 4.69) is 15.4 Å². The highest BCUT2D eigenvalue weighted by Crippen LogP contribution is 2.35. The van der Waals surface area contributed by atoms with Crippen LogP contribution in [0.2, 0.25) is 0 Å². The molecule has 1 aliphatic rings. The first kappa shape index (κ1) is 17.2. The Morgan fingerprint density at radius 1 is 0.963 bits per heavy atom. The van der Waals surface area contributed by atoms with Crippen LogP contribution in [0.4, 0.5) is 27.9 Å². The first-order chi connectivity index (χ1) is 12.8. The Morgan fingerprint density at radius 3 is 2.37 bits per heavy atom. The predicted molar refractivity (Wildman–Crippen MR) is 87.6 cm³/mol. The molecule has 4 rings (SSSR count). The predicted octanol–water partition coefficient (Wildman–Crippen LogP) is 4.63. The van der Waals surface area contributed by atoms with Crippen LogP contribution in [0.25, 0.3) is 5.70 Å². The van der Waals surface area contributed by atoms with Crippen molar-refractivity contribution in [3.05, 3.63) is 83.2 Å². The lowest BCUT2D eigenvalue weighted by Gasteiger charge is -2.24. The highest BCUT2D eigenvalue weighted by Gasteiger charge is 2.39. The van der Waals surface area contributed by atoms with Gasteiger partial charge in [0.1, 0.15) is 6.04 Å². The van der Waals surface area contributed by atoms with Crippen molar-refractivity contribution in [3.8, 4) is 0 Å². The van der Waals surface area contributed by atoms with Gasteiger partial charge in [-0.05, 0) is 29.3 Å². The monoisotopic (exact) mass is 378 g/mol. The molecular weight excluding hydrogens is 367 g/mol. The fourth-order valence-electron chi connectivity index (χ4n) is 2.83. The molecule has 4 nitrogen and oxygen atoms in total. The Bertz CT molecular complexity index is 1020. The zero-order valence-electron chi connectivity index (χ0n) is 13.5. The maximum absolute atomic E-state index is 13.7. The van der Waals surface area contributed by atoms with Crippen LogP contribution < -0.4 is 5.32 Å². The molecular formula is C18H11F5N4. The number of alkyl halides is 3. The number of hydrogen-bond acceptors (Lipinski definition) is 3. The molecule has 2 heterocycles. The second-order valence-electron chi connectivity index (χ2n) is 5.89. The van der Waals surface area contributed by atoms with Crippen molar-refractivity contribution in [1.29, 1.82) is 0 Å². The number of hydrogen-bond donors (Lipinski definition) is 1. The molecule has 0 saturated heterocycles. The number of aromatic nitrogens is 3. The van der Waals surface area contributed by atoms with Crippen molar-refractivity contribution in [2.24, 2.45) is 0 Å². The number of benzene rings is 2. The molecule has 27 heavy (non-hydrogen) atoms. The summed E-state index contributed by atoms with van der Waals surface area (Å²) in [7, 11) is 0. The van der Waals surface area contributed by atoms with Gasteiger partial charge in [0.2, 0.25) is 5.95 Å². The fourth-order valence-corrected chi connectivity index (χ4v) is 2.83. The average Bonchev–Trinajstić information content (AvgIpc) is 3.08. The molecule has 1 aliphatic heterocycles. The maximum atomic E-state index is 13.7. The molecule has 0 aliphatic carbocycles. The highest BCUT2D eigenvalue weighted by atomic mass is 19.4. The van der Waals surface area contributed by atoms with E-state index in [1.165, 1.54) is 6.07 Å². The largest absolute Gasteiger partial charge is 0.453 e. The molecule has 9 heteroatoms. The third kappa shape index (κ3) is 3.16. The summed E-state index contributed by atoms with van der Waals surface area (Å²) in [6, 6.07) is 11.1. The summed E-state index contributed by atoms with van der Waals surface area (Å²) in [6.45, 7) is 0. The minimum Gasteiger partial charge on any atom is -0.324 e. The van der Waals surface area contributed by atoms with Gasteiger partial charge in [0, 0.05) is 5.70 Å². The van der Waals surface area contributed by atoms with E-state index < -0.39 is 29.7 Å². The van der Waals surface area contributed by atoms with Gasteiger partial charge in [-0.1, -0.05) is 36.4 Å². The molecule has 1 aromatic heterocycles. The Morgan fingerprint density at radius 2 is 1.70 bits per heavy atom. The summed E-state index contributed by atoms with van der Waals surface area (Å²) in [6.07, 6.45) is -3.15. The van der Waals surface area contributed by atoms with Gasteiger partial charge >= 0.3 is 6.18 Å². The third-order valence-electron chi connectivity index (χ3n) is 4.09. The lowest BCUT2D eigenvalue weighted by atomic mass is 10.0. The van der Waals surface area contributed by atoms with Crippen LogP contribution in [0, 0.1) is 11.6 Å². The molecule has 138 valence electrons. The fraction of sp³-hybridized carbons (Fsp3) is 0.111. The molecule has 0 radical (unpaired) electrons. The van der Waals surface area contributed by atoms with E-state index in [1.54, 1.807) is 36.4 Å². The lowest BCUT2D eigenvalue weighted by molar-refractivity contribution is -0.145. The van der Waals surface area contributed by atoms with Crippen molar-refractivity contribution >= 4 is 11.6 Å². The van der Waals surface area contributed by atoms with Crippen LogP contribution in [0.15, 0.2) is 54.6 Å². The number of halogens is 5. The molecule has 0 saturated carbocycles. The van der Waals surface area contributed by atoms with Gasteiger partial charge in [0.25, 0.3) is 5.82 Å². The van der Waals surface area contributed by atoms with Gasteiger partial charge in [-0.2, -0.15) is 18.2 Å². The van der Waals surface area contributed by atoms with E-state index in [-0.39, 0.29) is 11.5 Å². The molecule has 1 atom stereocenters. The molecule has 0 bridgehead atoms. The summed E-state index contributed by atoms with van der Waals surface area (Å²) >= 11 is 0. The normalized spacial score (nSPS) is 16.5. The molecule has 1 N–H and O–H groups in total. The quantitative estimate of drug-likeness (QED) is 0.661. The zero-order chi connectivity index (χ0) is 19.2. The Kier molecular flexibility index (Phi) is 3.94. The number of rotatable bonds is 2. The van der Waals surface area contributed by atoms with E-state index >= 15 is 0 Å². The summed E-state index contributed by atoms with van der Waals surface area (Å²) in [5, 5.41) is 6.33. The molecule has 0 fully saturated rings. The van der Waals surface area contributed by atoms with Gasteiger partial charge in [-0.15, -0.1) is 5.10 Å². The van der Waals surface area contributed by atoms with Crippen LogP contribution >= 0.6 is 0 Å². The van der Waals surface area contributed by atoms with Crippen molar-refractivity contribution in [2.75, 3.05) is 5.32 Å². The summed E-state index contributed by atoms with van der Waals surface area (Å²) in [4.78, 5) is 3.52. The molecule has 0 amide bonds. The topological polar surface area (TPSA) is 42.7 Å². The summed E-state index contributed by atoms with van der Waals surface area (Å²) < 4.78 is 67.1. The average molecular weight is 378 g/mol. The van der Waals surface area contributed by atoms with Gasteiger partial charge < -0.3 is 5.32 Å². The number of nitrogens with one attached hydrogen (secondary N) is 1. The van der Waals surface area contributed by atoms with E-state index in [0.717, 1.165) is 16.8 Å². The van der Waals surface area contributed by atoms with Crippen LogP contribution in [0.1, 0.15) is 23.0 Å². The van der Waals surface area contributed by atoms with Gasteiger partial charge in [0.05, 0.1) is 0 Å². The van der Waals surface area contributed by atoms with Crippen molar-refractivity contribution in [2.45, 2.75) is 12.2 Å². The second kappa shape index (κ2) is 6.19. The second-order valence-corrected chi connectivity index (χ2v) is 5.89. The standard InChI is InChI=1S/C18H11F5N4/c19-12-7-6-11(8-13(12)20)15-9-14(10-4-2-1-3-5-10)24-17-25-16(18(21,22)23)26-27(15)17/h1-9,15H,(H,24,25,26). The van der Waals surface area contributed by atoms with E-state index in [0.29, 0.717) is 11.3 Å². The maximum Gasteiger partial charge on any atom is 0.453 e.